The third-order valence-corrected chi connectivity index (χ3v) is 10.7. The van der Waals surface area contributed by atoms with Gasteiger partial charge in [-0.05, 0) is 142 Å². The molecule has 0 amide bonds. The van der Waals surface area contributed by atoms with Gasteiger partial charge >= 0.3 is 0 Å². The van der Waals surface area contributed by atoms with Crippen LogP contribution in [0.15, 0.2) is 193 Å². The van der Waals surface area contributed by atoms with Gasteiger partial charge in [0.25, 0.3) is 0 Å². The first-order valence-electron chi connectivity index (χ1n) is 18.6. The molecule has 0 N–H and O–H groups in total. The number of anilines is 6. The van der Waals surface area contributed by atoms with Crippen molar-refractivity contribution in [2.75, 3.05) is 9.80 Å². The van der Waals surface area contributed by atoms with Crippen LogP contribution < -0.4 is 9.80 Å². The molecule has 2 nitrogen and oxygen atoms in total. The fraction of sp³-hybridized carbons (Fsp3) is 0.0385. The standard InChI is InChI=1S/C52H41BrN2/c1-38-13-28-47(29-14-38)54(45-9-5-3-6-10-45)49-32-20-40(21-33-49)17-18-42-24-36-51-44(37-42)27-26-43(52(51)53)25-19-41-22-34-50(35-23-41)55(46-11-7-4-8-12-46)48-30-15-39(2)16-31-48/h3-37H,1-2H3/b18-17+,25-19+. The minimum atomic E-state index is 1.09. The lowest BCUT2D eigenvalue weighted by atomic mass is 10.0. The number of para-hydroxylation sites is 2. The van der Waals surface area contributed by atoms with E-state index in [-0.39, 0.29) is 0 Å². The lowest BCUT2D eigenvalue weighted by Crippen LogP contribution is -2.09. The Hall–Kier alpha value is -6.42. The number of fused-ring (bicyclic) bond motifs is 1. The number of hydrogen-bond acceptors (Lipinski definition) is 2. The van der Waals surface area contributed by atoms with Gasteiger partial charge in [-0.1, -0.05) is 145 Å². The molecule has 0 radical (unpaired) electrons. The van der Waals surface area contributed by atoms with E-state index < -0.39 is 0 Å². The Morgan fingerprint density at radius 1 is 0.364 bits per heavy atom. The van der Waals surface area contributed by atoms with Crippen molar-refractivity contribution in [3.8, 4) is 0 Å². The fourth-order valence-electron chi connectivity index (χ4n) is 6.84. The van der Waals surface area contributed by atoms with Gasteiger partial charge in [0.2, 0.25) is 0 Å². The van der Waals surface area contributed by atoms with Gasteiger partial charge in [-0.15, -0.1) is 0 Å². The number of halogens is 1. The van der Waals surface area contributed by atoms with Crippen molar-refractivity contribution < 1.29 is 0 Å². The number of benzene rings is 8. The highest BCUT2D eigenvalue weighted by atomic mass is 79.9. The van der Waals surface area contributed by atoms with Crippen LogP contribution in [-0.2, 0) is 0 Å². The summed E-state index contributed by atoms with van der Waals surface area (Å²) in [5, 5.41) is 2.38. The zero-order valence-corrected chi connectivity index (χ0v) is 32.6. The van der Waals surface area contributed by atoms with Gasteiger partial charge in [0.15, 0.2) is 0 Å². The molecule has 0 saturated heterocycles. The zero-order valence-electron chi connectivity index (χ0n) is 31.0. The second kappa shape index (κ2) is 16.3. The van der Waals surface area contributed by atoms with Crippen LogP contribution in [0.2, 0.25) is 0 Å². The molecule has 8 rings (SSSR count). The van der Waals surface area contributed by atoms with Crippen molar-refractivity contribution in [2.45, 2.75) is 13.8 Å². The van der Waals surface area contributed by atoms with Gasteiger partial charge in [-0.2, -0.15) is 0 Å². The monoisotopic (exact) mass is 772 g/mol. The molecule has 0 aromatic heterocycles. The minimum absolute atomic E-state index is 1.09. The van der Waals surface area contributed by atoms with Gasteiger partial charge in [-0.25, -0.2) is 0 Å². The van der Waals surface area contributed by atoms with Crippen LogP contribution >= 0.6 is 15.9 Å². The highest BCUT2D eigenvalue weighted by molar-refractivity contribution is 9.10. The van der Waals surface area contributed by atoms with E-state index in [0.29, 0.717) is 0 Å². The van der Waals surface area contributed by atoms with Crippen LogP contribution in [-0.4, -0.2) is 0 Å². The molecule has 8 aromatic rings. The van der Waals surface area contributed by atoms with Crippen LogP contribution in [0.3, 0.4) is 0 Å². The third-order valence-electron chi connectivity index (χ3n) is 9.85. The maximum Gasteiger partial charge on any atom is 0.0462 e. The van der Waals surface area contributed by atoms with E-state index in [1.165, 1.54) is 21.9 Å². The summed E-state index contributed by atoms with van der Waals surface area (Å²) in [6.45, 7) is 4.24. The molecule has 0 spiro atoms. The number of rotatable bonds is 10. The summed E-state index contributed by atoms with van der Waals surface area (Å²) < 4.78 is 1.09. The molecule has 3 heteroatoms. The van der Waals surface area contributed by atoms with E-state index in [1.54, 1.807) is 0 Å². The topological polar surface area (TPSA) is 6.48 Å². The van der Waals surface area contributed by atoms with Crippen LogP contribution in [0.4, 0.5) is 34.1 Å². The summed E-state index contributed by atoms with van der Waals surface area (Å²) in [7, 11) is 0. The Bertz CT molecular complexity index is 2570. The molecule has 0 aliphatic carbocycles. The maximum absolute atomic E-state index is 3.92. The first kappa shape index (κ1) is 35.6. The molecule has 55 heavy (non-hydrogen) atoms. The quantitative estimate of drug-likeness (QED) is 0.128. The van der Waals surface area contributed by atoms with Crippen molar-refractivity contribution >= 4 is 85.1 Å². The van der Waals surface area contributed by atoms with E-state index in [9.17, 15) is 0 Å². The van der Waals surface area contributed by atoms with E-state index >= 15 is 0 Å². The van der Waals surface area contributed by atoms with Crippen molar-refractivity contribution in [3.63, 3.8) is 0 Å². The summed E-state index contributed by atoms with van der Waals surface area (Å²) >= 11 is 3.92. The van der Waals surface area contributed by atoms with Crippen molar-refractivity contribution in [1.29, 1.82) is 0 Å². The average Bonchev–Trinajstić information content (AvgIpc) is 3.23. The summed E-state index contributed by atoms with van der Waals surface area (Å²) in [4.78, 5) is 4.58. The summed E-state index contributed by atoms with van der Waals surface area (Å²) in [6, 6.07) is 66.9. The van der Waals surface area contributed by atoms with E-state index in [0.717, 1.165) is 60.9 Å². The minimum Gasteiger partial charge on any atom is -0.311 e. The molecular weight excluding hydrogens is 732 g/mol. The summed E-state index contributed by atoms with van der Waals surface area (Å²) in [5.74, 6) is 0. The predicted molar refractivity (Wildman–Crippen MR) is 241 cm³/mol. The van der Waals surface area contributed by atoms with Gasteiger partial charge in [-0.3, -0.25) is 0 Å². The Kier molecular flexibility index (Phi) is 10.6. The zero-order chi connectivity index (χ0) is 37.6. The molecule has 0 unspecified atom stereocenters. The van der Waals surface area contributed by atoms with Crippen molar-refractivity contribution in [3.05, 3.63) is 226 Å². The molecule has 0 heterocycles. The summed E-state index contributed by atoms with van der Waals surface area (Å²) in [6.07, 6.45) is 8.73. The molecule has 0 aliphatic rings. The van der Waals surface area contributed by atoms with E-state index in [2.05, 4.69) is 252 Å². The molecule has 266 valence electrons. The van der Waals surface area contributed by atoms with Gasteiger partial charge in [0, 0.05) is 38.6 Å². The van der Waals surface area contributed by atoms with E-state index in [1.807, 2.05) is 0 Å². The van der Waals surface area contributed by atoms with Gasteiger partial charge < -0.3 is 9.80 Å². The van der Waals surface area contributed by atoms with Crippen LogP contribution in [0, 0.1) is 13.8 Å². The Morgan fingerprint density at radius 2 is 0.745 bits per heavy atom. The first-order valence-corrected chi connectivity index (χ1v) is 19.4. The largest absolute Gasteiger partial charge is 0.311 e. The summed E-state index contributed by atoms with van der Waals surface area (Å²) in [5.41, 5.74) is 13.9. The normalized spacial score (nSPS) is 11.4. The predicted octanol–water partition coefficient (Wildman–Crippen LogP) is 15.5. The van der Waals surface area contributed by atoms with Crippen LogP contribution in [0.1, 0.15) is 33.4 Å². The number of hydrogen-bond donors (Lipinski definition) is 0. The smallest absolute Gasteiger partial charge is 0.0462 e. The van der Waals surface area contributed by atoms with Gasteiger partial charge in [0.1, 0.15) is 0 Å². The molecule has 0 fully saturated rings. The van der Waals surface area contributed by atoms with E-state index in [4.69, 9.17) is 0 Å². The molecule has 0 bridgehead atoms. The first-order chi connectivity index (χ1) is 27.0. The van der Waals surface area contributed by atoms with Crippen molar-refractivity contribution in [1.82, 2.24) is 0 Å². The van der Waals surface area contributed by atoms with Crippen LogP contribution in [0.5, 0.6) is 0 Å². The Morgan fingerprint density at radius 3 is 1.22 bits per heavy atom. The molecule has 0 saturated carbocycles. The van der Waals surface area contributed by atoms with Crippen LogP contribution in [0.25, 0.3) is 35.1 Å². The lowest BCUT2D eigenvalue weighted by Gasteiger charge is -2.25. The molecule has 0 atom stereocenters. The highest BCUT2D eigenvalue weighted by Gasteiger charge is 2.13. The maximum atomic E-state index is 3.92. The second-order valence-corrected chi connectivity index (χ2v) is 14.6. The van der Waals surface area contributed by atoms with Gasteiger partial charge in [0.05, 0.1) is 0 Å². The fourth-order valence-corrected chi connectivity index (χ4v) is 7.47. The Balaban J connectivity index is 0.974. The molecular formula is C52H41BrN2. The molecule has 8 aromatic carbocycles. The second-order valence-electron chi connectivity index (χ2n) is 13.8. The average molecular weight is 774 g/mol. The Labute approximate surface area is 333 Å². The number of aryl methyl sites for hydroxylation is 2. The molecule has 0 aliphatic heterocycles. The highest BCUT2D eigenvalue weighted by Crippen LogP contribution is 2.37. The number of nitrogens with zero attached hydrogens (tertiary/aromatic N) is 2. The SMILES string of the molecule is Cc1ccc(N(c2ccccc2)c2ccc(/C=C/c3ccc4c(Br)c(/C=C/c5ccc(N(c6ccccc6)c6ccc(C)cc6)cc5)ccc4c3)cc2)cc1. The lowest BCUT2D eigenvalue weighted by molar-refractivity contribution is 1.27. The van der Waals surface area contributed by atoms with Crippen molar-refractivity contribution in [2.24, 2.45) is 0 Å². The third kappa shape index (κ3) is 8.23.